The average Bonchev–Trinajstić information content (AvgIpc) is 2.62. The average molecular weight is 356 g/mol. The summed E-state index contributed by atoms with van der Waals surface area (Å²) in [6.45, 7) is 0.412. The lowest BCUT2D eigenvalue weighted by atomic mass is 10.2. The molecule has 0 amide bonds. The van der Waals surface area contributed by atoms with Crippen molar-refractivity contribution in [1.29, 1.82) is 0 Å². The van der Waals surface area contributed by atoms with E-state index >= 15 is 0 Å². The van der Waals surface area contributed by atoms with Crippen LogP contribution in [-0.4, -0.2) is 21.4 Å². The number of nitrogens with one attached hydrogen (secondary N) is 2. The van der Waals surface area contributed by atoms with Gasteiger partial charge in [0.1, 0.15) is 12.4 Å². The van der Waals surface area contributed by atoms with Gasteiger partial charge in [-0.2, -0.15) is 15.2 Å². The fourth-order valence-electron chi connectivity index (χ4n) is 1.99. The van der Waals surface area contributed by atoms with E-state index in [0.717, 1.165) is 11.1 Å². The quantitative estimate of drug-likeness (QED) is 0.524. The van der Waals surface area contributed by atoms with Gasteiger partial charge in [-0.05, 0) is 29.8 Å². The Balaban J connectivity index is 1.66. The minimum absolute atomic E-state index is 0.250. The SMILES string of the molecule is O=c1nc(N/N=C/c2ccccc2OCc2ccc(Cl)cc2)cn[nH]1. The van der Waals surface area contributed by atoms with Crippen LogP contribution in [0.25, 0.3) is 0 Å². The molecule has 2 aromatic carbocycles. The Morgan fingerprint density at radius 3 is 2.80 bits per heavy atom. The molecule has 3 aromatic rings. The highest BCUT2D eigenvalue weighted by atomic mass is 35.5. The summed E-state index contributed by atoms with van der Waals surface area (Å²) in [5, 5.41) is 10.6. The van der Waals surface area contributed by atoms with Crippen LogP contribution in [0.15, 0.2) is 64.6 Å². The van der Waals surface area contributed by atoms with Gasteiger partial charge in [0.05, 0.1) is 12.4 Å². The third-order valence-corrected chi connectivity index (χ3v) is 3.43. The van der Waals surface area contributed by atoms with Gasteiger partial charge < -0.3 is 4.74 Å². The van der Waals surface area contributed by atoms with Crippen LogP contribution in [0, 0.1) is 0 Å². The van der Waals surface area contributed by atoms with E-state index in [4.69, 9.17) is 16.3 Å². The maximum Gasteiger partial charge on any atom is 0.363 e. The molecule has 0 unspecified atom stereocenters. The molecule has 0 saturated carbocycles. The molecule has 0 atom stereocenters. The fraction of sp³-hybridized carbons (Fsp3) is 0.0588. The molecular weight excluding hydrogens is 342 g/mol. The van der Waals surface area contributed by atoms with Crippen LogP contribution < -0.4 is 15.9 Å². The molecule has 0 aliphatic heterocycles. The van der Waals surface area contributed by atoms with Crippen LogP contribution in [0.4, 0.5) is 5.82 Å². The van der Waals surface area contributed by atoms with E-state index < -0.39 is 5.69 Å². The number of para-hydroxylation sites is 1. The Morgan fingerprint density at radius 1 is 1.20 bits per heavy atom. The first-order valence-corrected chi connectivity index (χ1v) is 7.75. The number of anilines is 1. The van der Waals surface area contributed by atoms with Gasteiger partial charge in [-0.1, -0.05) is 35.9 Å². The zero-order valence-electron chi connectivity index (χ0n) is 13.0. The maximum atomic E-state index is 11.1. The number of rotatable bonds is 6. The zero-order valence-corrected chi connectivity index (χ0v) is 13.8. The second-order valence-corrected chi connectivity index (χ2v) is 5.43. The molecule has 2 N–H and O–H groups in total. The van der Waals surface area contributed by atoms with Crippen LogP contribution in [0.3, 0.4) is 0 Å². The number of H-pyrrole nitrogens is 1. The second kappa shape index (κ2) is 8.07. The first-order chi connectivity index (χ1) is 12.2. The predicted octanol–water partition coefficient (Wildman–Crippen LogP) is 2.84. The van der Waals surface area contributed by atoms with Crippen molar-refractivity contribution >= 4 is 23.6 Å². The number of hydrogen-bond acceptors (Lipinski definition) is 6. The van der Waals surface area contributed by atoms with Crippen molar-refractivity contribution in [1.82, 2.24) is 15.2 Å². The molecule has 0 bridgehead atoms. The summed E-state index contributed by atoms with van der Waals surface area (Å²) in [5.74, 6) is 0.930. The summed E-state index contributed by atoms with van der Waals surface area (Å²) in [5.41, 5.74) is 3.88. The Hall–Kier alpha value is -3.19. The van der Waals surface area contributed by atoms with Crippen molar-refractivity contribution in [3.8, 4) is 5.75 Å². The predicted molar refractivity (Wildman–Crippen MR) is 96.1 cm³/mol. The van der Waals surface area contributed by atoms with Crippen molar-refractivity contribution in [2.45, 2.75) is 6.61 Å². The molecule has 25 heavy (non-hydrogen) atoms. The van der Waals surface area contributed by atoms with Gasteiger partial charge in [-0.25, -0.2) is 9.89 Å². The summed E-state index contributed by atoms with van der Waals surface area (Å²) < 4.78 is 5.84. The number of nitrogens with zero attached hydrogens (tertiary/aromatic N) is 3. The van der Waals surface area contributed by atoms with Gasteiger partial charge in [0, 0.05) is 10.6 Å². The molecule has 0 aliphatic rings. The van der Waals surface area contributed by atoms with Crippen molar-refractivity contribution in [3.05, 3.63) is 81.4 Å². The first kappa shape index (κ1) is 16.7. The molecule has 1 aromatic heterocycles. The Morgan fingerprint density at radius 2 is 2.00 bits per heavy atom. The van der Waals surface area contributed by atoms with Gasteiger partial charge >= 0.3 is 5.69 Å². The van der Waals surface area contributed by atoms with Gasteiger partial charge in [-0.15, -0.1) is 0 Å². The number of hydrogen-bond donors (Lipinski definition) is 2. The van der Waals surface area contributed by atoms with E-state index in [9.17, 15) is 4.79 Å². The van der Waals surface area contributed by atoms with E-state index in [1.807, 2.05) is 48.5 Å². The number of aromatic amines is 1. The summed E-state index contributed by atoms with van der Waals surface area (Å²) in [7, 11) is 0. The number of aromatic nitrogens is 3. The van der Waals surface area contributed by atoms with Crippen LogP contribution in [0.1, 0.15) is 11.1 Å². The lowest BCUT2D eigenvalue weighted by molar-refractivity contribution is 0.306. The molecule has 0 fully saturated rings. The molecule has 0 aliphatic carbocycles. The Bertz CT molecular complexity index is 925. The number of ether oxygens (including phenoxy) is 1. The van der Waals surface area contributed by atoms with Crippen LogP contribution in [-0.2, 0) is 6.61 Å². The smallest absolute Gasteiger partial charge is 0.363 e. The zero-order chi connectivity index (χ0) is 17.5. The van der Waals surface area contributed by atoms with Crippen LogP contribution in [0.5, 0.6) is 5.75 Å². The lowest BCUT2D eigenvalue weighted by Crippen LogP contribution is -2.13. The van der Waals surface area contributed by atoms with Gasteiger partial charge in [-0.3, -0.25) is 5.43 Å². The molecule has 7 nitrogen and oxygen atoms in total. The fourth-order valence-corrected chi connectivity index (χ4v) is 2.12. The lowest BCUT2D eigenvalue weighted by Gasteiger charge is -2.09. The van der Waals surface area contributed by atoms with Crippen LogP contribution in [0.2, 0.25) is 5.02 Å². The molecule has 0 saturated heterocycles. The van der Waals surface area contributed by atoms with Crippen molar-refractivity contribution in [2.24, 2.45) is 5.10 Å². The topological polar surface area (TPSA) is 92.3 Å². The van der Waals surface area contributed by atoms with Gasteiger partial charge in [0.2, 0.25) is 0 Å². The minimum atomic E-state index is -0.549. The van der Waals surface area contributed by atoms with E-state index in [2.05, 4.69) is 25.7 Å². The standard InChI is InChI=1S/C17H14ClN5O2/c18-14-7-5-12(6-8-14)11-25-15-4-2-1-3-13(15)9-19-22-16-10-20-23-17(24)21-16/h1-10H,11H2,(H2,21,22,23,24)/b19-9+. The summed E-state index contributed by atoms with van der Waals surface area (Å²) in [4.78, 5) is 14.7. The molecule has 1 heterocycles. The summed E-state index contributed by atoms with van der Waals surface area (Å²) in [6.07, 6.45) is 2.95. The highest BCUT2D eigenvalue weighted by Gasteiger charge is 2.02. The van der Waals surface area contributed by atoms with E-state index in [1.165, 1.54) is 6.20 Å². The van der Waals surface area contributed by atoms with E-state index in [0.29, 0.717) is 17.4 Å². The minimum Gasteiger partial charge on any atom is -0.488 e. The first-order valence-electron chi connectivity index (χ1n) is 7.38. The summed E-state index contributed by atoms with van der Waals surface area (Å²) >= 11 is 5.88. The molecular formula is C17H14ClN5O2. The van der Waals surface area contributed by atoms with E-state index in [-0.39, 0.29) is 5.82 Å². The van der Waals surface area contributed by atoms with Gasteiger partial charge in [0.25, 0.3) is 0 Å². The number of halogens is 1. The molecule has 3 rings (SSSR count). The van der Waals surface area contributed by atoms with Crippen molar-refractivity contribution in [3.63, 3.8) is 0 Å². The van der Waals surface area contributed by atoms with Crippen LogP contribution >= 0.6 is 11.6 Å². The van der Waals surface area contributed by atoms with Crippen molar-refractivity contribution < 1.29 is 4.74 Å². The molecule has 0 radical (unpaired) electrons. The molecule has 0 spiro atoms. The monoisotopic (exact) mass is 355 g/mol. The number of hydrazone groups is 1. The maximum absolute atomic E-state index is 11.1. The van der Waals surface area contributed by atoms with E-state index in [1.54, 1.807) is 6.21 Å². The Labute approximate surface area is 148 Å². The third kappa shape index (κ3) is 4.89. The normalized spacial score (nSPS) is 10.8. The molecule has 8 heteroatoms. The Kier molecular flexibility index (Phi) is 5.38. The third-order valence-electron chi connectivity index (χ3n) is 3.18. The largest absolute Gasteiger partial charge is 0.488 e. The van der Waals surface area contributed by atoms with Gasteiger partial charge in [0.15, 0.2) is 5.82 Å². The molecule has 126 valence electrons. The van der Waals surface area contributed by atoms with Crippen molar-refractivity contribution in [2.75, 3.05) is 5.43 Å². The second-order valence-electron chi connectivity index (χ2n) is 5.00. The highest BCUT2D eigenvalue weighted by Crippen LogP contribution is 2.18. The highest BCUT2D eigenvalue weighted by molar-refractivity contribution is 6.30. The number of benzene rings is 2. The summed E-state index contributed by atoms with van der Waals surface area (Å²) in [6, 6.07) is 14.9.